The molecule has 0 amide bonds. The zero-order chi connectivity index (χ0) is 10.5. The first kappa shape index (κ1) is 13.5. The molecule has 0 aromatic heterocycles. The van der Waals surface area contributed by atoms with Gasteiger partial charge in [-0.15, -0.1) is 23.2 Å². The van der Waals surface area contributed by atoms with Crippen LogP contribution in [0.5, 0.6) is 0 Å². The van der Waals surface area contributed by atoms with Gasteiger partial charge in [-0.05, 0) is 13.8 Å². The first-order valence-electron chi connectivity index (χ1n) is 3.87. The molecule has 0 fully saturated rings. The molecule has 5 heteroatoms. The van der Waals surface area contributed by atoms with Crippen LogP contribution in [0.4, 0.5) is 0 Å². The maximum Gasteiger partial charge on any atom is 0.182 e. The second-order valence-electron chi connectivity index (χ2n) is 3.05. The van der Waals surface area contributed by atoms with Crippen molar-refractivity contribution in [2.24, 2.45) is 0 Å². The van der Waals surface area contributed by atoms with Gasteiger partial charge in [0.15, 0.2) is 11.6 Å². The highest BCUT2D eigenvalue weighted by atomic mass is 35.5. The van der Waals surface area contributed by atoms with Gasteiger partial charge in [0.25, 0.3) is 0 Å². The quantitative estimate of drug-likeness (QED) is 0.518. The van der Waals surface area contributed by atoms with E-state index in [-0.39, 0.29) is 11.8 Å². The molecule has 0 rings (SSSR count). The minimum absolute atomic E-state index is 0.208. The van der Waals surface area contributed by atoms with Crippen LogP contribution in [0, 0.1) is 0 Å². The van der Waals surface area contributed by atoms with Crippen LogP contribution in [-0.2, 0) is 14.2 Å². The van der Waals surface area contributed by atoms with Crippen molar-refractivity contribution in [1.29, 1.82) is 0 Å². The number of rotatable bonds is 6. The van der Waals surface area contributed by atoms with E-state index in [1.165, 1.54) is 14.2 Å². The van der Waals surface area contributed by atoms with Crippen molar-refractivity contribution in [2.45, 2.75) is 25.4 Å². The van der Waals surface area contributed by atoms with Gasteiger partial charge in [0.2, 0.25) is 0 Å². The van der Waals surface area contributed by atoms with Crippen molar-refractivity contribution < 1.29 is 14.2 Å². The molecule has 0 aliphatic carbocycles. The normalized spacial score (nSPS) is 20.8. The van der Waals surface area contributed by atoms with Crippen molar-refractivity contribution in [2.75, 3.05) is 26.0 Å². The van der Waals surface area contributed by atoms with E-state index in [1.54, 1.807) is 13.8 Å². The van der Waals surface area contributed by atoms with Crippen molar-refractivity contribution in [1.82, 2.24) is 0 Å². The Labute approximate surface area is 89.2 Å². The van der Waals surface area contributed by atoms with Gasteiger partial charge in [-0.25, -0.2) is 0 Å². The lowest BCUT2D eigenvalue weighted by atomic mass is 10.3. The Hall–Kier alpha value is 0.460. The smallest absolute Gasteiger partial charge is 0.182 e. The maximum atomic E-state index is 5.68. The monoisotopic (exact) mass is 230 g/mol. The Morgan fingerprint density at radius 1 is 0.923 bits per heavy atom. The van der Waals surface area contributed by atoms with Crippen LogP contribution in [0.25, 0.3) is 0 Å². The van der Waals surface area contributed by atoms with E-state index in [2.05, 4.69) is 0 Å². The Kier molecular flexibility index (Phi) is 5.56. The Bertz CT molecular complexity index is 128. The van der Waals surface area contributed by atoms with E-state index in [9.17, 15) is 0 Å². The lowest BCUT2D eigenvalue weighted by molar-refractivity contribution is -0.317. The minimum Gasteiger partial charge on any atom is -0.352 e. The van der Waals surface area contributed by atoms with Crippen LogP contribution < -0.4 is 0 Å². The van der Waals surface area contributed by atoms with Gasteiger partial charge in [-0.2, -0.15) is 0 Å². The third-order valence-electron chi connectivity index (χ3n) is 1.78. The molecule has 0 spiro atoms. The van der Waals surface area contributed by atoms with Gasteiger partial charge in [0.05, 0.1) is 11.8 Å². The third kappa shape index (κ3) is 4.00. The topological polar surface area (TPSA) is 27.7 Å². The fourth-order valence-corrected chi connectivity index (χ4v) is 1.03. The van der Waals surface area contributed by atoms with Crippen LogP contribution in [0.3, 0.4) is 0 Å². The van der Waals surface area contributed by atoms with Crippen molar-refractivity contribution in [3.63, 3.8) is 0 Å². The summed E-state index contributed by atoms with van der Waals surface area (Å²) < 4.78 is 15.7. The van der Waals surface area contributed by atoms with Crippen molar-refractivity contribution >= 4 is 23.2 Å². The molecule has 2 atom stereocenters. The number of methoxy groups -OCH3 is 2. The molecule has 0 saturated heterocycles. The summed E-state index contributed by atoms with van der Waals surface area (Å²) in [5, 5.41) is 0. The van der Waals surface area contributed by atoms with Crippen LogP contribution in [0.1, 0.15) is 13.8 Å². The van der Waals surface area contributed by atoms with Gasteiger partial charge in [-0.3, -0.25) is 0 Å². The molecular formula is C8H16Cl2O3. The standard InChI is InChI=1S/C8H16Cl2O3/c1-7(5-9,11-3)13-8(2,6-10)12-4/h5-6H2,1-4H3. The fourth-order valence-electron chi connectivity index (χ4n) is 0.704. The molecule has 80 valence electrons. The minimum atomic E-state index is -0.874. The molecule has 0 heterocycles. The number of hydrogen-bond donors (Lipinski definition) is 0. The van der Waals surface area contributed by atoms with Crippen molar-refractivity contribution in [3.05, 3.63) is 0 Å². The van der Waals surface area contributed by atoms with E-state index >= 15 is 0 Å². The number of ether oxygens (including phenoxy) is 3. The molecule has 0 saturated carbocycles. The zero-order valence-electron chi connectivity index (χ0n) is 8.39. The summed E-state index contributed by atoms with van der Waals surface area (Å²) in [7, 11) is 3.04. The Balaban J connectivity index is 4.36. The predicted octanol–water partition coefficient (Wildman–Crippen LogP) is 2.21. The largest absolute Gasteiger partial charge is 0.352 e. The number of alkyl halides is 2. The van der Waals surface area contributed by atoms with E-state index in [0.29, 0.717) is 0 Å². The summed E-state index contributed by atoms with van der Waals surface area (Å²) in [5.74, 6) is -1.33. The van der Waals surface area contributed by atoms with E-state index in [4.69, 9.17) is 37.4 Å². The average molecular weight is 231 g/mol. The summed E-state index contributed by atoms with van der Waals surface area (Å²) in [4.78, 5) is 0. The lowest BCUT2D eigenvalue weighted by Gasteiger charge is -2.36. The molecule has 0 radical (unpaired) electrons. The number of halogens is 2. The van der Waals surface area contributed by atoms with Gasteiger partial charge in [0.1, 0.15) is 0 Å². The Morgan fingerprint density at radius 3 is 1.38 bits per heavy atom. The summed E-state index contributed by atoms with van der Waals surface area (Å²) in [6.07, 6.45) is 0. The molecule has 13 heavy (non-hydrogen) atoms. The molecule has 3 nitrogen and oxygen atoms in total. The average Bonchev–Trinajstić information content (AvgIpc) is 2.17. The first-order chi connectivity index (χ1) is 5.95. The fraction of sp³-hybridized carbons (Fsp3) is 1.00. The second kappa shape index (κ2) is 5.37. The van der Waals surface area contributed by atoms with Crippen LogP contribution in [0.15, 0.2) is 0 Å². The summed E-state index contributed by atoms with van der Waals surface area (Å²) in [6.45, 7) is 3.45. The van der Waals surface area contributed by atoms with Gasteiger partial charge < -0.3 is 14.2 Å². The van der Waals surface area contributed by atoms with E-state index < -0.39 is 11.6 Å². The Morgan fingerprint density at radius 2 is 1.23 bits per heavy atom. The van der Waals surface area contributed by atoms with Crippen LogP contribution in [-0.4, -0.2) is 37.6 Å². The van der Waals surface area contributed by atoms with Gasteiger partial charge in [0, 0.05) is 14.2 Å². The molecule has 0 aromatic carbocycles. The van der Waals surface area contributed by atoms with Gasteiger partial charge >= 0.3 is 0 Å². The highest BCUT2D eigenvalue weighted by Crippen LogP contribution is 2.24. The summed E-state index contributed by atoms with van der Waals surface area (Å²) >= 11 is 11.4. The van der Waals surface area contributed by atoms with E-state index in [0.717, 1.165) is 0 Å². The number of hydrogen-bond acceptors (Lipinski definition) is 3. The summed E-state index contributed by atoms with van der Waals surface area (Å²) in [5.41, 5.74) is 0. The lowest BCUT2D eigenvalue weighted by Crippen LogP contribution is -2.46. The van der Waals surface area contributed by atoms with E-state index in [1.807, 2.05) is 0 Å². The SMILES string of the molecule is COC(C)(CCl)OC(C)(CCl)OC. The zero-order valence-corrected chi connectivity index (χ0v) is 9.91. The second-order valence-corrected chi connectivity index (χ2v) is 3.58. The molecular weight excluding hydrogens is 215 g/mol. The highest BCUT2D eigenvalue weighted by Gasteiger charge is 2.35. The van der Waals surface area contributed by atoms with Crippen molar-refractivity contribution in [3.8, 4) is 0 Å². The summed E-state index contributed by atoms with van der Waals surface area (Å²) in [6, 6.07) is 0. The molecule has 0 aliphatic heterocycles. The third-order valence-corrected chi connectivity index (χ3v) is 2.75. The first-order valence-corrected chi connectivity index (χ1v) is 4.94. The predicted molar refractivity (Wildman–Crippen MR) is 53.4 cm³/mol. The van der Waals surface area contributed by atoms with Crippen LogP contribution in [0.2, 0.25) is 0 Å². The van der Waals surface area contributed by atoms with Crippen LogP contribution >= 0.6 is 23.2 Å². The molecule has 0 N–H and O–H groups in total. The molecule has 0 aliphatic rings. The highest BCUT2D eigenvalue weighted by molar-refractivity contribution is 6.18. The van der Waals surface area contributed by atoms with Gasteiger partial charge in [-0.1, -0.05) is 0 Å². The molecule has 0 aromatic rings. The molecule has 2 unspecified atom stereocenters. The molecule has 0 bridgehead atoms. The maximum absolute atomic E-state index is 5.68.